The lowest BCUT2D eigenvalue weighted by molar-refractivity contribution is 0.102. The molecule has 1 heterocycles. The molecule has 0 saturated heterocycles. The number of hydrogen-bond acceptors (Lipinski definition) is 6. The molecule has 0 saturated carbocycles. The Balaban J connectivity index is 1.51. The van der Waals surface area contributed by atoms with E-state index in [9.17, 15) is 4.79 Å². The molecule has 1 aromatic heterocycles. The van der Waals surface area contributed by atoms with Crippen LogP contribution in [0, 0.1) is 0 Å². The van der Waals surface area contributed by atoms with E-state index in [4.69, 9.17) is 9.47 Å². The lowest BCUT2D eigenvalue weighted by Crippen LogP contribution is -2.12. The van der Waals surface area contributed by atoms with Crippen molar-refractivity contribution in [2.45, 2.75) is 0 Å². The van der Waals surface area contributed by atoms with E-state index in [0.717, 1.165) is 16.9 Å². The fraction of sp³-hybridized carbons (Fsp3) is 0.0800. The van der Waals surface area contributed by atoms with Gasteiger partial charge in [0.15, 0.2) is 0 Å². The van der Waals surface area contributed by atoms with Crippen molar-refractivity contribution >= 4 is 23.1 Å². The van der Waals surface area contributed by atoms with Crippen LogP contribution < -0.4 is 20.1 Å². The summed E-state index contributed by atoms with van der Waals surface area (Å²) in [6.45, 7) is 0. The second-order valence-electron chi connectivity index (χ2n) is 6.92. The number of anilines is 3. The molecule has 160 valence electrons. The maximum absolute atomic E-state index is 12.8. The number of carbonyl (C=O) groups excluding carboxylic acids is 1. The maximum atomic E-state index is 12.8. The van der Waals surface area contributed by atoms with Crippen LogP contribution in [0.3, 0.4) is 0 Å². The summed E-state index contributed by atoms with van der Waals surface area (Å²) in [4.78, 5) is 21.4. The number of rotatable bonds is 7. The molecular weight excluding hydrogens is 404 g/mol. The number of amides is 1. The molecule has 1 amide bonds. The fourth-order valence-corrected chi connectivity index (χ4v) is 3.16. The minimum Gasteiger partial charge on any atom is -0.497 e. The summed E-state index contributed by atoms with van der Waals surface area (Å²) >= 11 is 0. The van der Waals surface area contributed by atoms with Crippen molar-refractivity contribution in [3.05, 3.63) is 90.8 Å². The number of ether oxygens (including phenoxy) is 2. The summed E-state index contributed by atoms with van der Waals surface area (Å²) in [6.07, 6.45) is 1.51. The van der Waals surface area contributed by atoms with Crippen molar-refractivity contribution in [1.82, 2.24) is 9.97 Å². The van der Waals surface area contributed by atoms with E-state index >= 15 is 0 Å². The first-order valence-electron chi connectivity index (χ1n) is 9.93. The highest BCUT2D eigenvalue weighted by Gasteiger charge is 2.10. The Labute approximate surface area is 186 Å². The molecule has 0 radical (unpaired) electrons. The smallest absolute Gasteiger partial charge is 0.255 e. The molecule has 0 aliphatic carbocycles. The van der Waals surface area contributed by atoms with Crippen LogP contribution in [-0.2, 0) is 0 Å². The van der Waals surface area contributed by atoms with Gasteiger partial charge in [-0.2, -0.15) is 0 Å². The van der Waals surface area contributed by atoms with E-state index in [0.29, 0.717) is 28.6 Å². The van der Waals surface area contributed by atoms with Crippen molar-refractivity contribution in [3.8, 4) is 22.8 Å². The van der Waals surface area contributed by atoms with Gasteiger partial charge in [-0.15, -0.1) is 0 Å². The summed E-state index contributed by atoms with van der Waals surface area (Å²) < 4.78 is 10.5. The van der Waals surface area contributed by atoms with Crippen LogP contribution in [0.25, 0.3) is 11.3 Å². The Hall–Kier alpha value is -4.39. The predicted octanol–water partition coefficient (Wildman–Crippen LogP) is 5.16. The van der Waals surface area contributed by atoms with Crippen LogP contribution in [0.4, 0.5) is 17.2 Å². The van der Waals surface area contributed by atoms with Gasteiger partial charge in [0.25, 0.3) is 5.91 Å². The van der Waals surface area contributed by atoms with Gasteiger partial charge in [0, 0.05) is 46.8 Å². The van der Waals surface area contributed by atoms with Gasteiger partial charge in [0.05, 0.1) is 19.9 Å². The summed E-state index contributed by atoms with van der Waals surface area (Å²) in [5.74, 6) is 1.56. The Bertz CT molecular complexity index is 1210. The number of nitrogens with one attached hydrogen (secondary N) is 2. The molecule has 7 nitrogen and oxygen atoms in total. The van der Waals surface area contributed by atoms with Crippen molar-refractivity contribution in [2.75, 3.05) is 24.9 Å². The summed E-state index contributed by atoms with van der Waals surface area (Å²) in [7, 11) is 3.12. The molecule has 32 heavy (non-hydrogen) atoms. The van der Waals surface area contributed by atoms with Crippen LogP contribution >= 0.6 is 0 Å². The molecule has 0 bridgehead atoms. The molecule has 0 atom stereocenters. The first-order chi connectivity index (χ1) is 15.6. The van der Waals surface area contributed by atoms with Gasteiger partial charge in [-0.25, -0.2) is 9.97 Å². The molecule has 4 rings (SSSR count). The van der Waals surface area contributed by atoms with E-state index < -0.39 is 0 Å². The zero-order chi connectivity index (χ0) is 22.3. The summed E-state index contributed by atoms with van der Waals surface area (Å²) in [5, 5.41) is 6.12. The third-order valence-corrected chi connectivity index (χ3v) is 4.74. The normalized spacial score (nSPS) is 10.3. The minimum absolute atomic E-state index is 0.253. The predicted molar refractivity (Wildman–Crippen MR) is 125 cm³/mol. The molecule has 3 aromatic carbocycles. The average molecular weight is 426 g/mol. The highest BCUT2D eigenvalue weighted by molar-refractivity contribution is 6.05. The largest absolute Gasteiger partial charge is 0.497 e. The van der Waals surface area contributed by atoms with Crippen LogP contribution in [-0.4, -0.2) is 30.1 Å². The molecule has 2 N–H and O–H groups in total. The number of hydrogen-bond donors (Lipinski definition) is 2. The molecule has 7 heteroatoms. The van der Waals surface area contributed by atoms with Gasteiger partial charge in [-0.3, -0.25) is 4.79 Å². The minimum atomic E-state index is -0.253. The second kappa shape index (κ2) is 9.61. The molecule has 0 unspecified atom stereocenters. The highest BCUT2D eigenvalue weighted by Crippen LogP contribution is 2.26. The van der Waals surface area contributed by atoms with Crippen molar-refractivity contribution < 1.29 is 14.3 Å². The lowest BCUT2D eigenvalue weighted by Gasteiger charge is -2.11. The van der Waals surface area contributed by atoms with Crippen LogP contribution in [0.2, 0.25) is 0 Å². The van der Waals surface area contributed by atoms with Gasteiger partial charge in [-0.05, 0) is 18.2 Å². The topological polar surface area (TPSA) is 85.4 Å². The van der Waals surface area contributed by atoms with Gasteiger partial charge in [-0.1, -0.05) is 36.4 Å². The van der Waals surface area contributed by atoms with E-state index in [1.54, 1.807) is 44.6 Å². The summed E-state index contributed by atoms with van der Waals surface area (Å²) in [5.41, 5.74) is 3.62. The van der Waals surface area contributed by atoms with Gasteiger partial charge >= 0.3 is 0 Å². The third kappa shape index (κ3) is 5.02. The van der Waals surface area contributed by atoms with Gasteiger partial charge in [0.2, 0.25) is 0 Å². The first kappa shape index (κ1) is 20.9. The monoisotopic (exact) mass is 426 g/mol. The van der Waals surface area contributed by atoms with Crippen molar-refractivity contribution in [3.63, 3.8) is 0 Å². The van der Waals surface area contributed by atoms with Crippen LogP contribution in [0.1, 0.15) is 10.4 Å². The van der Waals surface area contributed by atoms with Crippen molar-refractivity contribution in [1.29, 1.82) is 0 Å². The van der Waals surface area contributed by atoms with Gasteiger partial charge in [0.1, 0.15) is 23.6 Å². The van der Waals surface area contributed by atoms with Crippen LogP contribution in [0.15, 0.2) is 85.2 Å². The number of nitrogens with zero attached hydrogens (tertiary/aromatic N) is 2. The number of benzene rings is 3. The molecular formula is C25H22N4O3. The SMILES string of the molecule is COc1cc(NC(=O)c2cccc(Nc3cc(-c4ccccc4)ncn3)c2)cc(OC)c1. The third-order valence-electron chi connectivity index (χ3n) is 4.74. The van der Waals surface area contributed by atoms with Gasteiger partial charge < -0.3 is 20.1 Å². The van der Waals surface area contributed by atoms with Crippen molar-refractivity contribution in [2.24, 2.45) is 0 Å². The van der Waals surface area contributed by atoms with Crippen LogP contribution in [0.5, 0.6) is 11.5 Å². The lowest BCUT2D eigenvalue weighted by atomic mass is 10.1. The molecule has 0 aliphatic rings. The number of methoxy groups -OCH3 is 2. The second-order valence-corrected chi connectivity index (χ2v) is 6.92. The van der Waals surface area contributed by atoms with E-state index in [1.807, 2.05) is 48.5 Å². The number of aromatic nitrogens is 2. The average Bonchev–Trinajstić information content (AvgIpc) is 2.84. The quantitative estimate of drug-likeness (QED) is 0.425. The molecule has 0 aliphatic heterocycles. The maximum Gasteiger partial charge on any atom is 0.255 e. The molecule has 0 fully saturated rings. The molecule has 4 aromatic rings. The Morgan fingerprint density at radius 1 is 0.781 bits per heavy atom. The van der Waals surface area contributed by atoms with E-state index in [1.165, 1.54) is 6.33 Å². The van der Waals surface area contributed by atoms with E-state index in [2.05, 4.69) is 20.6 Å². The zero-order valence-corrected chi connectivity index (χ0v) is 17.7. The van der Waals surface area contributed by atoms with E-state index in [-0.39, 0.29) is 5.91 Å². The Kier molecular flexibility index (Phi) is 6.27. The first-order valence-corrected chi connectivity index (χ1v) is 9.93. The Morgan fingerprint density at radius 3 is 2.25 bits per heavy atom. The molecule has 0 spiro atoms. The standard InChI is InChI=1S/C25H22N4O3/c1-31-21-12-20(13-22(14-21)32-2)29-25(30)18-9-6-10-19(11-18)28-24-15-23(26-16-27-24)17-7-4-3-5-8-17/h3-16H,1-2H3,(H,29,30)(H,26,27,28). The Morgan fingerprint density at radius 2 is 1.53 bits per heavy atom. The number of carbonyl (C=O) groups is 1. The highest BCUT2D eigenvalue weighted by atomic mass is 16.5. The zero-order valence-electron chi connectivity index (χ0n) is 17.7. The summed E-state index contributed by atoms with van der Waals surface area (Å²) in [6, 6.07) is 24.1. The fourth-order valence-electron chi connectivity index (χ4n) is 3.16.